The Morgan fingerprint density at radius 1 is 1.43 bits per heavy atom. The summed E-state index contributed by atoms with van der Waals surface area (Å²) in [5.74, 6) is -1.45. The summed E-state index contributed by atoms with van der Waals surface area (Å²) in [4.78, 5) is 27.5. The lowest BCUT2D eigenvalue weighted by Crippen LogP contribution is -2.31. The van der Waals surface area contributed by atoms with Crippen LogP contribution in [0.5, 0.6) is 5.75 Å². The Morgan fingerprint density at radius 3 is 2.90 bits per heavy atom. The molecule has 110 valence electrons. The van der Waals surface area contributed by atoms with Crippen molar-refractivity contribution in [2.45, 2.75) is 13.0 Å². The van der Waals surface area contributed by atoms with Crippen molar-refractivity contribution in [3.8, 4) is 5.75 Å². The zero-order chi connectivity index (χ0) is 15.2. The van der Waals surface area contributed by atoms with E-state index in [0.717, 1.165) is 4.88 Å². The average molecular weight is 306 g/mol. The van der Waals surface area contributed by atoms with Crippen LogP contribution in [0.15, 0.2) is 35.8 Å². The first kappa shape index (κ1) is 15.0. The Morgan fingerprint density at radius 2 is 2.24 bits per heavy atom. The number of nitrogens with zero attached hydrogens (tertiary/aromatic N) is 1. The number of thiophene rings is 1. The summed E-state index contributed by atoms with van der Waals surface area (Å²) >= 11 is 1.55. The SMILES string of the molecule is CC(NC(=O)COc1cccnc1C(=O)O)c1cccs1. The molecule has 1 unspecified atom stereocenters. The number of carbonyl (C=O) groups excluding carboxylic acids is 1. The topological polar surface area (TPSA) is 88.5 Å². The summed E-state index contributed by atoms with van der Waals surface area (Å²) in [6.07, 6.45) is 1.36. The Hall–Kier alpha value is -2.41. The van der Waals surface area contributed by atoms with E-state index < -0.39 is 5.97 Å². The Balaban J connectivity index is 1.91. The molecule has 2 rings (SSSR count). The molecule has 0 aliphatic rings. The standard InChI is InChI=1S/C14H14N2O4S/c1-9(11-5-3-7-21-11)16-12(17)8-20-10-4-2-6-15-13(10)14(18)19/h2-7,9H,8H2,1H3,(H,16,17)(H,18,19). The third-order valence-electron chi connectivity index (χ3n) is 2.68. The van der Waals surface area contributed by atoms with Gasteiger partial charge in [0, 0.05) is 11.1 Å². The minimum absolute atomic E-state index is 0.0731. The van der Waals surface area contributed by atoms with E-state index >= 15 is 0 Å². The second kappa shape index (κ2) is 6.85. The Kier molecular flexibility index (Phi) is 4.89. The van der Waals surface area contributed by atoms with Gasteiger partial charge in [-0.15, -0.1) is 11.3 Å². The third-order valence-corrected chi connectivity index (χ3v) is 3.73. The first-order valence-electron chi connectivity index (χ1n) is 6.22. The number of pyridine rings is 1. The summed E-state index contributed by atoms with van der Waals surface area (Å²) in [6.45, 7) is 1.61. The maximum absolute atomic E-state index is 11.8. The van der Waals surface area contributed by atoms with Crippen LogP contribution in [0.2, 0.25) is 0 Å². The van der Waals surface area contributed by atoms with Crippen LogP contribution in [0.4, 0.5) is 0 Å². The van der Waals surface area contributed by atoms with Crippen molar-refractivity contribution in [3.63, 3.8) is 0 Å². The third kappa shape index (κ3) is 4.03. The molecule has 0 aliphatic carbocycles. The van der Waals surface area contributed by atoms with Crippen LogP contribution in [0.1, 0.15) is 28.3 Å². The first-order chi connectivity index (χ1) is 10.1. The van der Waals surface area contributed by atoms with Crippen molar-refractivity contribution < 1.29 is 19.4 Å². The lowest BCUT2D eigenvalue weighted by atomic mass is 10.3. The van der Waals surface area contributed by atoms with Crippen LogP contribution < -0.4 is 10.1 Å². The number of amides is 1. The van der Waals surface area contributed by atoms with Crippen LogP contribution >= 0.6 is 11.3 Å². The van der Waals surface area contributed by atoms with Gasteiger partial charge >= 0.3 is 5.97 Å². The molecule has 6 nitrogen and oxygen atoms in total. The molecule has 0 saturated heterocycles. The van der Waals surface area contributed by atoms with Gasteiger partial charge in [0.1, 0.15) is 0 Å². The van der Waals surface area contributed by atoms with Gasteiger partial charge in [0.15, 0.2) is 18.1 Å². The predicted molar refractivity (Wildman–Crippen MR) is 77.6 cm³/mol. The summed E-state index contributed by atoms with van der Waals surface area (Å²) in [7, 11) is 0. The molecule has 7 heteroatoms. The van der Waals surface area contributed by atoms with E-state index in [1.165, 1.54) is 12.3 Å². The van der Waals surface area contributed by atoms with E-state index in [4.69, 9.17) is 9.84 Å². The van der Waals surface area contributed by atoms with E-state index in [9.17, 15) is 9.59 Å². The van der Waals surface area contributed by atoms with Gasteiger partial charge in [-0.1, -0.05) is 6.07 Å². The number of aromatic nitrogens is 1. The second-order valence-electron chi connectivity index (χ2n) is 4.25. The van der Waals surface area contributed by atoms with Crippen LogP contribution in [0.25, 0.3) is 0 Å². The zero-order valence-electron chi connectivity index (χ0n) is 11.3. The van der Waals surface area contributed by atoms with Gasteiger partial charge < -0.3 is 15.2 Å². The van der Waals surface area contributed by atoms with Gasteiger partial charge in [-0.25, -0.2) is 9.78 Å². The number of aromatic carboxylic acids is 1. The normalized spacial score (nSPS) is 11.7. The average Bonchev–Trinajstić information content (AvgIpc) is 2.99. The van der Waals surface area contributed by atoms with Gasteiger partial charge in [-0.3, -0.25) is 4.79 Å². The maximum Gasteiger partial charge on any atom is 0.358 e. The zero-order valence-corrected chi connectivity index (χ0v) is 12.1. The number of rotatable bonds is 6. The minimum atomic E-state index is -1.20. The van der Waals surface area contributed by atoms with E-state index in [1.54, 1.807) is 17.4 Å². The molecular weight excluding hydrogens is 292 g/mol. The molecule has 21 heavy (non-hydrogen) atoms. The number of nitrogens with one attached hydrogen (secondary N) is 1. The quantitative estimate of drug-likeness (QED) is 0.853. The second-order valence-corrected chi connectivity index (χ2v) is 5.23. The lowest BCUT2D eigenvalue weighted by molar-refractivity contribution is -0.123. The molecule has 0 bridgehead atoms. The molecule has 2 aromatic rings. The molecule has 2 N–H and O–H groups in total. The molecule has 0 fully saturated rings. The fraction of sp³-hybridized carbons (Fsp3) is 0.214. The fourth-order valence-electron chi connectivity index (χ4n) is 1.70. The summed E-state index contributed by atoms with van der Waals surface area (Å²) < 4.78 is 5.23. The van der Waals surface area contributed by atoms with Crippen LogP contribution in [0.3, 0.4) is 0 Å². The van der Waals surface area contributed by atoms with Gasteiger partial charge in [0.05, 0.1) is 6.04 Å². The number of carbonyl (C=O) groups is 2. The molecule has 0 saturated carbocycles. The summed E-state index contributed by atoms with van der Waals surface area (Å²) in [5, 5.41) is 13.7. The van der Waals surface area contributed by atoms with Crippen molar-refractivity contribution in [3.05, 3.63) is 46.4 Å². The molecule has 1 atom stereocenters. The molecular formula is C14H14N2O4S. The van der Waals surface area contributed by atoms with E-state index in [2.05, 4.69) is 10.3 Å². The highest BCUT2D eigenvalue weighted by atomic mass is 32.1. The molecule has 1 amide bonds. The van der Waals surface area contributed by atoms with Crippen LogP contribution in [0, 0.1) is 0 Å². The predicted octanol–water partition coefficient (Wildman–Crippen LogP) is 2.10. The highest BCUT2D eigenvalue weighted by Crippen LogP contribution is 2.18. The lowest BCUT2D eigenvalue weighted by Gasteiger charge is -2.13. The van der Waals surface area contributed by atoms with Crippen molar-refractivity contribution in [2.75, 3.05) is 6.61 Å². The van der Waals surface area contributed by atoms with Crippen molar-refractivity contribution >= 4 is 23.2 Å². The molecule has 0 radical (unpaired) electrons. The molecule has 2 aromatic heterocycles. The van der Waals surface area contributed by atoms with E-state index in [0.29, 0.717) is 0 Å². The maximum atomic E-state index is 11.8. The van der Waals surface area contributed by atoms with Crippen LogP contribution in [-0.2, 0) is 4.79 Å². The van der Waals surface area contributed by atoms with Crippen molar-refractivity contribution in [1.82, 2.24) is 10.3 Å². The van der Waals surface area contributed by atoms with E-state index in [-0.39, 0.29) is 30.0 Å². The first-order valence-corrected chi connectivity index (χ1v) is 7.09. The van der Waals surface area contributed by atoms with Crippen LogP contribution in [-0.4, -0.2) is 28.6 Å². The van der Waals surface area contributed by atoms with Gasteiger partial charge in [-0.2, -0.15) is 0 Å². The number of ether oxygens (including phenoxy) is 1. The van der Waals surface area contributed by atoms with Crippen molar-refractivity contribution in [2.24, 2.45) is 0 Å². The Bertz CT molecular complexity index is 628. The Labute approximate surface area is 125 Å². The number of carboxylic acids is 1. The van der Waals surface area contributed by atoms with Crippen molar-refractivity contribution in [1.29, 1.82) is 0 Å². The molecule has 0 aliphatic heterocycles. The monoisotopic (exact) mass is 306 g/mol. The summed E-state index contributed by atoms with van der Waals surface area (Å²) in [5.41, 5.74) is -0.211. The molecule has 0 aromatic carbocycles. The van der Waals surface area contributed by atoms with E-state index in [1.807, 2.05) is 24.4 Å². The van der Waals surface area contributed by atoms with Gasteiger partial charge in [0.25, 0.3) is 5.91 Å². The van der Waals surface area contributed by atoms with Gasteiger partial charge in [0.2, 0.25) is 0 Å². The summed E-state index contributed by atoms with van der Waals surface area (Å²) in [6, 6.07) is 6.74. The number of carboxylic acid groups (broad SMARTS) is 1. The smallest absolute Gasteiger partial charge is 0.358 e. The minimum Gasteiger partial charge on any atom is -0.481 e. The highest BCUT2D eigenvalue weighted by Gasteiger charge is 2.15. The molecule has 2 heterocycles. The highest BCUT2D eigenvalue weighted by molar-refractivity contribution is 7.10. The number of hydrogen-bond donors (Lipinski definition) is 2. The largest absolute Gasteiger partial charge is 0.481 e. The fourth-order valence-corrected chi connectivity index (χ4v) is 2.44. The molecule has 0 spiro atoms. The van der Waals surface area contributed by atoms with Gasteiger partial charge in [-0.05, 0) is 30.5 Å². The number of hydrogen-bond acceptors (Lipinski definition) is 5.